The van der Waals surface area contributed by atoms with Gasteiger partial charge in [0, 0.05) is 69.3 Å². The topological polar surface area (TPSA) is 66.3 Å². The second-order valence-electron chi connectivity index (χ2n) is 11.5. The predicted molar refractivity (Wildman–Crippen MR) is 173 cm³/mol. The van der Waals surface area contributed by atoms with Crippen molar-refractivity contribution >= 4 is 17.5 Å². The molecule has 1 N–H and O–H groups in total. The van der Waals surface area contributed by atoms with Gasteiger partial charge in [-0.25, -0.2) is 4.98 Å². The van der Waals surface area contributed by atoms with Crippen molar-refractivity contribution in [3.05, 3.63) is 118 Å². The molecule has 4 aromatic rings. The van der Waals surface area contributed by atoms with Crippen LogP contribution >= 0.6 is 11.6 Å². The third-order valence-corrected chi connectivity index (χ3v) is 8.44. The fourth-order valence-corrected chi connectivity index (χ4v) is 6.29. The highest BCUT2D eigenvalue weighted by atomic mass is 35.5. The van der Waals surface area contributed by atoms with Crippen LogP contribution in [0.5, 0.6) is 0 Å². The van der Waals surface area contributed by atoms with Gasteiger partial charge in [-0.3, -0.25) is 14.7 Å². The molecule has 2 aromatic carbocycles. The van der Waals surface area contributed by atoms with E-state index in [1.807, 2.05) is 65.6 Å². The molecular weight excluding hydrogens is 556 g/mol. The molecule has 8 heteroatoms. The average molecular weight is 599 g/mol. The SMILES string of the molecule is CCC.Cn1cncc1CCN(Cc1ccccc1)C(=O)[C@H]1CN(C2c3ccc(Cl)cc3CCc3cccnc32)CCN1. The fraction of sp³-hybridized carbons (Fsp3) is 0.400. The molecule has 6 rings (SSSR count). The summed E-state index contributed by atoms with van der Waals surface area (Å²) in [5.74, 6) is 0.127. The van der Waals surface area contributed by atoms with E-state index in [4.69, 9.17) is 16.6 Å². The Morgan fingerprint density at radius 1 is 1.07 bits per heavy atom. The number of halogens is 1. The van der Waals surface area contributed by atoms with Gasteiger partial charge in [0.15, 0.2) is 0 Å². The summed E-state index contributed by atoms with van der Waals surface area (Å²) in [6.07, 6.45) is 9.44. The molecule has 0 radical (unpaired) electrons. The van der Waals surface area contributed by atoms with Crippen molar-refractivity contribution in [2.24, 2.45) is 7.05 Å². The molecule has 7 nitrogen and oxygen atoms in total. The van der Waals surface area contributed by atoms with Gasteiger partial charge in [-0.15, -0.1) is 0 Å². The summed E-state index contributed by atoms with van der Waals surface area (Å²) < 4.78 is 2.02. The van der Waals surface area contributed by atoms with Crippen LogP contribution in [0.15, 0.2) is 79.4 Å². The number of rotatable bonds is 7. The van der Waals surface area contributed by atoms with E-state index < -0.39 is 0 Å². The lowest BCUT2D eigenvalue weighted by Crippen LogP contribution is -2.58. The Balaban J connectivity index is 0.00000118. The molecular formula is C35H43ClN6O. The van der Waals surface area contributed by atoms with Gasteiger partial charge in [0.05, 0.1) is 24.1 Å². The zero-order valence-corrected chi connectivity index (χ0v) is 26.3. The molecule has 1 fully saturated rings. The maximum atomic E-state index is 14.2. The van der Waals surface area contributed by atoms with E-state index in [-0.39, 0.29) is 18.0 Å². The minimum absolute atomic E-state index is 0.0135. The molecule has 0 spiro atoms. The van der Waals surface area contributed by atoms with Gasteiger partial charge in [0.2, 0.25) is 5.91 Å². The number of aromatic nitrogens is 3. The summed E-state index contributed by atoms with van der Waals surface area (Å²) in [6.45, 7) is 7.63. The highest BCUT2D eigenvalue weighted by molar-refractivity contribution is 6.30. The molecule has 226 valence electrons. The van der Waals surface area contributed by atoms with Gasteiger partial charge in [-0.05, 0) is 53.3 Å². The number of nitrogens with zero attached hydrogens (tertiary/aromatic N) is 5. The smallest absolute Gasteiger partial charge is 0.241 e. The van der Waals surface area contributed by atoms with Crippen molar-refractivity contribution in [3.8, 4) is 0 Å². The normalized spacial score (nSPS) is 18.0. The molecule has 0 bridgehead atoms. The lowest BCUT2D eigenvalue weighted by atomic mass is 9.95. The van der Waals surface area contributed by atoms with Crippen LogP contribution in [-0.4, -0.2) is 62.5 Å². The van der Waals surface area contributed by atoms with E-state index in [9.17, 15) is 4.79 Å². The van der Waals surface area contributed by atoms with Crippen LogP contribution in [0.2, 0.25) is 5.02 Å². The Labute approximate surface area is 260 Å². The maximum absolute atomic E-state index is 14.2. The van der Waals surface area contributed by atoms with Gasteiger partial charge in [0.25, 0.3) is 0 Å². The van der Waals surface area contributed by atoms with Crippen molar-refractivity contribution in [1.82, 2.24) is 29.7 Å². The largest absolute Gasteiger partial charge is 0.338 e. The number of carbonyl (C=O) groups is 1. The average Bonchev–Trinajstić information content (AvgIpc) is 3.36. The summed E-state index contributed by atoms with van der Waals surface area (Å²) in [7, 11) is 2.00. The number of nitrogens with one attached hydrogen (secondary N) is 1. The zero-order valence-electron chi connectivity index (χ0n) is 25.5. The van der Waals surface area contributed by atoms with Crippen LogP contribution in [-0.2, 0) is 37.6 Å². The van der Waals surface area contributed by atoms with Crippen molar-refractivity contribution in [3.63, 3.8) is 0 Å². The number of benzene rings is 2. The molecule has 2 atom stereocenters. The van der Waals surface area contributed by atoms with Crippen LogP contribution in [0.4, 0.5) is 0 Å². The first-order chi connectivity index (χ1) is 21.0. The number of piperazine rings is 1. The molecule has 1 aliphatic carbocycles. The fourth-order valence-electron chi connectivity index (χ4n) is 6.09. The van der Waals surface area contributed by atoms with Crippen molar-refractivity contribution in [2.75, 3.05) is 26.2 Å². The Morgan fingerprint density at radius 2 is 1.86 bits per heavy atom. The molecule has 3 heterocycles. The first kappa shape index (κ1) is 30.9. The number of amides is 1. The molecule has 2 aliphatic rings. The van der Waals surface area contributed by atoms with Crippen LogP contribution < -0.4 is 5.32 Å². The first-order valence-electron chi connectivity index (χ1n) is 15.5. The Kier molecular flexibility index (Phi) is 10.6. The Morgan fingerprint density at radius 3 is 2.63 bits per heavy atom. The zero-order chi connectivity index (χ0) is 30.2. The highest BCUT2D eigenvalue weighted by Gasteiger charge is 2.36. The van der Waals surface area contributed by atoms with Gasteiger partial charge < -0.3 is 14.8 Å². The summed E-state index contributed by atoms with van der Waals surface area (Å²) in [5.41, 5.74) is 7.10. The third-order valence-electron chi connectivity index (χ3n) is 8.20. The molecule has 1 amide bonds. The van der Waals surface area contributed by atoms with Crippen molar-refractivity contribution in [2.45, 2.75) is 58.2 Å². The number of carbonyl (C=O) groups excluding carboxylic acids is 1. The summed E-state index contributed by atoms with van der Waals surface area (Å²) in [4.78, 5) is 27.7. The summed E-state index contributed by atoms with van der Waals surface area (Å²) >= 11 is 6.42. The summed E-state index contributed by atoms with van der Waals surface area (Å²) in [6, 6.07) is 20.3. The van der Waals surface area contributed by atoms with Crippen LogP contribution in [0.25, 0.3) is 0 Å². The highest BCUT2D eigenvalue weighted by Crippen LogP contribution is 2.37. The van der Waals surface area contributed by atoms with Gasteiger partial charge in [0.1, 0.15) is 0 Å². The van der Waals surface area contributed by atoms with E-state index in [0.717, 1.165) is 54.3 Å². The quantitative estimate of drug-likeness (QED) is 0.299. The summed E-state index contributed by atoms with van der Waals surface area (Å²) in [5, 5.41) is 4.30. The number of hydrogen-bond acceptors (Lipinski definition) is 5. The second-order valence-corrected chi connectivity index (χ2v) is 11.9. The van der Waals surface area contributed by atoms with E-state index in [1.54, 1.807) is 0 Å². The number of imidazole rings is 1. The van der Waals surface area contributed by atoms with Gasteiger partial charge in [-0.1, -0.05) is 74.3 Å². The maximum Gasteiger partial charge on any atom is 0.241 e. The van der Waals surface area contributed by atoms with Gasteiger partial charge in [-0.2, -0.15) is 0 Å². The molecule has 0 saturated carbocycles. The monoisotopic (exact) mass is 598 g/mol. The van der Waals surface area contributed by atoms with E-state index in [2.05, 4.69) is 59.4 Å². The van der Waals surface area contributed by atoms with Crippen molar-refractivity contribution in [1.29, 1.82) is 0 Å². The van der Waals surface area contributed by atoms with Gasteiger partial charge >= 0.3 is 0 Å². The van der Waals surface area contributed by atoms with E-state index >= 15 is 0 Å². The number of fused-ring (bicyclic) bond motifs is 2. The van der Waals surface area contributed by atoms with E-state index in [0.29, 0.717) is 19.6 Å². The third kappa shape index (κ3) is 7.53. The Bertz CT molecular complexity index is 1490. The van der Waals surface area contributed by atoms with Crippen LogP contribution in [0.3, 0.4) is 0 Å². The molecule has 1 saturated heterocycles. The minimum atomic E-state index is -0.310. The van der Waals surface area contributed by atoms with Crippen LogP contribution in [0.1, 0.15) is 60.0 Å². The first-order valence-corrected chi connectivity index (χ1v) is 15.8. The lowest BCUT2D eigenvalue weighted by Gasteiger charge is -2.40. The predicted octanol–water partition coefficient (Wildman–Crippen LogP) is 5.62. The van der Waals surface area contributed by atoms with Crippen molar-refractivity contribution < 1.29 is 4.79 Å². The minimum Gasteiger partial charge on any atom is -0.338 e. The molecule has 43 heavy (non-hydrogen) atoms. The molecule has 1 aliphatic heterocycles. The lowest BCUT2D eigenvalue weighted by molar-refractivity contribution is -0.135. The van der Waals surface area contributed by atoms with Crippen LogP contribution in [0, 0.1) is 0 Å². The molecule has 2 aromatic heterocycles. The number of aryl methyl sites for hydroxylation is 3. The Hall–Kier alpha value is -3.52. The second kappa shape index (κ2) is 14.8. The number of hydrogen-bond donors (Lipinski definition) is 1. The van der Waals surface area contributed by atoms with E-state index in [1.165, 1.54) is 23.1 Å². The number of pyridine rings is 1. The molecule has 1 unspecified atom stereocenters. The standard InChI is InChI=1S/C32H35ClN6O.C3H8/c1-37-22-34-19-27(37)13-16-39(20-23-6-3-2-4-7-23)32(40)29-21-38(17-15-35-29)31-28-12-11-26(33)18-25(28)10-9-24-8-5-14-36-30(24)31;1-3-2/h2-8,11-12,14,18-19,22,29,31,35H,9-10,13,15-17,20-21H2,1H3;3H2,1-2H3/t29-,31?;/m1./s1.